The first-order valence-electron chi connectivity index (χ1n) is 6.58. The van der Waals surface area contributed by atoms with Crippen molar-refractivity contribution < 1.29 is 13.6 Å². The van der Waals surface area contributed by atoms with Gasteiger partial charge in [-0.05, 0) is 37.5 Å². The minimum Gasteiger partial charge on any atom is -0.352 e. The molecule has 0 heterocycles. The quantitative estimate of drug-likeness (QED) is 0.831. The second-order valence-corrected chi connectivity index (χ2v) is 4.85. The van der Waals surface area contributed by atoms with Crippen LogP contribution in [0.1, 0.15) is 37.8 Å². The first-order valence-corrected chi connectivity index (χ1v) is 6.58. The summed E-state index contributed by atoms with van der Waals surface area (Å²) >= 11 is 0. The minimum atomic E-state index is -0.473. The van der Waals surface area contributed by atoms with E-state index in [1.54, 1.807) is 0 Å². The maximum Gasteiger partial charge on any atom is 0.234 e. The summed E-state index contributed by atoms with van der Waals surface area (Å²) in [6.45, 7) is 1.98. The summed E-state index contributed by atoms with van der Waals surface area (Å²) in [5, 5.41) is 5.81. The van der Waals surface area contributed by atoms with E-state index in [1.807, 2.05) is 6.92 Å². The molecule has 0 bridgehead atoms. The van der Waals surface area contributed by atoms with Gasteiger partial charge in [0, 0.05) is 17.6 Å². The Balaban J connectivity index is 1.94. The van der Waals surface area contributed by atoms with Gasteiger partial charge in [-0.15, -0.1) is 0 Å². The van der Waals surface area contributed by atoms with E-state index in [4.69, 9.17) is 0 Å². The van der Waals surface area contributed by atoms with Gasteiger partial charge < -0.3 is 10.6 Å². The van der Waals surface area contributed by atoms with Gasteiger partial charge in [0.05, 0.1) is 6.54 Å². The predicted molar refractivity (Wildman–Crippen MR) is 68.6 cm³/mol. The van der Waals surface area contributed by atoms with Crippen LogP contribution in [-0.2, 0) is 4.79 Å². The van der Waals surface area contributed by atoms with Crippen molar-refractivity contribution in [1.82, 2.24) is 10.6 Å². The lowest BCUT2D eigenvalue weighted by molar-refractivity contribution is -0.120. The van der Waals surface area contributed by atoms with Crippen LogP contribution in [0.15, 0.2) is 18.2 Å². The van der Waals surface area contributed by atoms with Gasteiger partial charge in [-0.25, -0.2) is 8.78 Å². The monoisotopic (exact) mass is 268 g/mol. The smallest absolute Gasteiger partial charge is 0.234 e. The highest BCUT2D eigenvalue weighted by Crippen LogP contribution is 2.21. The topological polar surface area (TPSA) is 41.1 Å². The molecule has 104 valence electrons. The van der Waals surface area contributed by atoms with Crippen molar-refractivity contribution in [1.29, 1.82) is 0 Å². The van der Waals surface area contributed by atoms with Gasteiger partial charge in [-0.3, -0.25) is 4.79 Å². The van der Waals surface area contributed by atoms with E-state index in [0.717, 1.165) is 25.0 Å². The molecule has 1 fully saturated rings. The number of rotatable bonds is 6. The maximum atomic E-state index is 13.6. The van der Waals surface area contributed by atoms with Gasteiger partial charge in [0.2, 0.25) is 5.91 Å². The largest absolute Gasteiger partial charge is 0.352 e. The zero-order valence-corrected chi connectivity index (χ0v) is 10.9. The highest BCUT2D eigenvalue weighted by atomic mass is 19.1. The Morgan fingerprint density at radius 2 is 2.16 bits per heavy atom. The van der Waals surface area contributed by atoms with Crippen molar-refractivity contribution in [2.75, 3.05) is 6.54 Å². The molecule has 1 aromatic rings. The molecule has 1 amide bonds. The second kappa shape index (κ2) is 6.10. The lowest BCUT2D eigenvalue weighted by Gasteiger charge is -2.18. The van der Waals surface area contributed by atoms with Crippen LogP contribution in [0, 0.1) is 11.6 Å². The third-order valence-electron chi connectivity index (χ3n) is 3.19. The fourth-order valence-electron chi connectivity index (χ4n) is 1.98. The average Bonchev–Trinajstić information content (AvgIpc) is 3.18. The van der Waals surface area contributed by atoms with Crippen molar-refractivity contribution in [3.05, 3.63) is 35.4 Å². The number of hydrogen-bond acceptors (Lipinski definition) is 2. The number of benzene rings is 1. The maximum absolute atomic E-state index is 13.6. The van der Waals surface area contributed by atoms with Crippen LogP contribution in [0.4, 0.5) is 8.78 Å². The molecular formula is C14H18F2N2O. The molecular weight excluding hydrogens is 250 g/mol. The number of carbonyl (C=O) groups excluding carboxylic acids is 1. The Morgan fingerprint density at radius 3 is 2.79 bits per heavy atom. The summed E-state index contributed by atoms with van der Waals surface area (Å²) in [7, 11) is 0. The Bertz CT molecular complexity index is 461. The summed E-state index contributed by atoms with van der Waals surface area (Å²) in [5.41, 5.74) is 0.265. The second-order valence-electron chi connectivity index (χ2n) is 4.85. The molecule has 0 aliphatic heterocycles. The molecule has 0 radical (unpaired) electrons. The van der Waals surface area contributed by atoms with E-state index in [0.29, 0.717) is 12.5 Å². The molecule has 2 rings (SSSR count). The zero-order valence-electron chi connectivity index (χ0n) is 10.9. The van der Waals surface area contributed by atoms with Crippen LogP contribution in [-0.4, -0.2) is 18.5 Å². The van der Waals surface area contributed by atoms with Crippen LogP contribution >= 0.6 is 0 Å². The third kappa shape index (κ3) is 3.99. The van der Waals surface area contributed by atoms with Crippen molar-refractivity contribution in [3.63, 3.8) is 0 Å². The van der Waals surface area contributed by atoms with E-state index in [1.165, 1.54) is 6.07 Å². The Hall–Kier alpha value is -1.49. The van der Waals surface area contributed by atoms with Gasteiger partial charge in [-0.2, -0.15) is 0 Å². The molecule has 1 aliphatic rings. The first-order chi connectivity index (χ1) is 9.10. The molecule has 0 spiro atoms. The van der Waals surface area contributed by atoms with Crippen molar-refractivity contribution in [3.8, 4) is 0 Å². The van der Waals surface area contributed by atoms with E-state index in [9.17, 15) is 13.6 Å². The fraction of sp³-hybridized carbons (Fsp3) is 0.500. The number of carbonyl (C=O) groups is 1. The Labute approximate surface area is 111 Å². The number of halogens is 2. The minimum absolute atomic E-state index is 0.0993. The van der Waals surface area contributed by atoms with Crippen LogP contribution in [0.25, 0.3) is 0 Å². The highest BCUT2D eigenvalue weighted by molar-refractivity contribution is 5.78. The fourth-order valence-corrected chi connectivity index (χ4v) is 1.98. The molecule has 1 saturated carbocycles. The molecule has 0 saturated heterocycles. The van der Waals surface area contributed by atoms with E-state index in [2.05, 4.69) is 10.6 Å². The average molecular weight is 268 g/mol. The normalized spacial score (nSPS) is 16.2. The van der Waals surface area contributed by atoms with Crippen LogP contribution in [0.2, 0.25) is 0 Å². The molecule has 0 aromatic heterocycles. The van der Waals surface area contributed by atoms with Crippen molar-refractivity contribution >= 4 is 5.91 Å². The summed E-state index contributed by atoms with van der Waals surface area (Å²) in [6.07, 6.45) is 2.64. The lowest BCUT2D eigenvalue weighted by Crippen LogP contribution is -2.36. The van der Waals surface area contributed by atoms with Gasteiger partial charge in [0.15, 0.2) is 0 Å². The molecule has 0 unspecified atom stereocenters. The summed E-state index contributed by atoms with van der Waals surface area (Å²) in [4.78, 5) is 11.6. The molecule has 1 atom stereocenters. The van der Waals surface area contributed by atoms with Crippen LogP contribution in [0.3, 0.4) is 0 Å². The number of nitrogens with one attached hydrogen (secondary N) is 2. The predicted octanol–water partition coefficient (Wildman–Crippen LogP) is 2.28. The van der Waals surface area contributed by atoms with Gasteiger partial charge in [0.25, 0.3) is 0 Å². The Morgan fingerprint density at radius 1 is 1.42 bits per heavy atom. The summed E-state index contributed by atoms with van der Waals surface area (Å²) in [5.74, 6) is -1.03. The molecule has 2 N–H and O–H groups in total. The van der Waals surface area contributed by atoms with Gasteiger partial charge in [0.1, 0.15) is 11.6 Å². The summed E-state index contributed by atoms with van der Waals surface area (Å²) < 4.78 is 26.8. The van der Waals surface area contributed by atoms with E-state index < -0.39 is 11.6 Å². The van der Waals surface area contributed by atoms with Gasteiger partial charge >= 0.3 is 0 Å². The van der Waals surface area contributed by atoms with Crippen molar-refractivity contribution in [2.24, 2.45) is 0 Å². The summed E-state index contributed by atoms with van der Waals surface area (Å²) in [6, 6.07) is 3.32. The van der Waals surface area contributed by atoms with Gasteiger partial charge in [-0.1, -0.05) is 6.92 Å². The highest BCUT2D eigenvalue weighted by Gasteiger charge is 2.23. The molecule has 1 aromatic carbocycles. The van der Waals surface area contributed by atoms with E-state index >= 15 is 0 Å². The third-order valence-corrected chi connectivity index (χ3v) is 3.19. The van der Waals surface area contributed by atoms with Crippen LogP contribution < -0.4 is 10.6 Å². The molecule has 19 heavy (non-hydrogen) atoms. The SMILES string of the molecule is CC[C@H](NCC(=O)NC1CC1)c1cc(F)ccc1F. The van der Waals surface area contributed by atoms with Crippen LogP contribution in [0.5, 0.6) is 0 Å². The Kier molecular flexibility index (Phi) is 4.47. The zero-order chi connectivity index (χ0) is 13.8. The first kappa shape index (κ1) is 13.9. The number of amides is 1. The van der Waals surface area contributed by atoms with Crippen molar-refractivity contribution in [2.45, 2.75) is 38.3 Å². The van der Waals surface area contributed by atoms with E-state index in [-0.39, 0.29) is 24.1 Å². The molecule has 3 nitrogen and oxygen atoms in total. The standard InChI is InChI=1S/C14H18F2N2O/c1-2-13(11-7-9(15)3-6-12(11)16)17-8-14(19)18-10-4-5-10/h3,6-7,10,13,17H,2,4-5,8H2,1H3,(H,18,19)/t13-/m0/s1. The number of hydrogen-bond donors (Lipinski definition) is 2. The molecule has 1 aliphatic carbocycles. The molecule has 5 heteroatoms. The lowest BCUT2D eigenvalue weighted by atomic mass is 10.0.